The molecule has 0 bridgehead atoms. The highest BCUT2D eigenvalue weighted by Gasteiger charge is 2.17. The molecule has 156 valence electrons. The van der Waals surface area contributed by atoms with E-state index < -0.39 is 0 Å². The van der Waals surface area contributed by atoms with Gasteiger partial charge in [-0.25, -0.2) is 15.0 Å². The molecule has 0 aromatic carbocycles. The lowest BCUT2D eigenvalue weighted by molar-refractivity contribution is 0.102. The normalized spacial score (nSPS) is 14.0. The number of aryl methyl sites for hydroxylation is 1. The molecule has 1 fully saturated rings. The molecule has 0 unspecified atom stereocenters. The quantitative estimate of drug-likeness (QED) is 0.527. The van der Waals surface area contributed by atoms with Gasteiger partial charge in [0.1, 0.15) is 17.0 Å². The Balaban J connectivity index is 1.35. The molecule has 1 N–H and O–H groups in total. The number of rotatable bonds is 4. The third-order valence-corrected chi connectivity index (χ3v) is 6.05. The van der Waals surface area contributed by atoms with Gasteiger partial charge in [0, 0.05) is 36.6 Å². The van der Waals surface area contributed by atoms with Crippen LogP contribution in [0.3, 0.4) is 0 Å². The first-order valence-electron chi connectivity index (χ1n) is 9.96. The Hall–Kier alpha value is -3.43. The molecule has 4 aromatic heterocycles. The second-order valence-electron chi connectivity index (χ2n) is 7.18. The maximum Gasteiger partial charge on any atom is 0.275 e. The van der Waals surface area contributed by atoms with E-state index in [2.05, 4.69) is 30.2 Å². The number of aromatic nitrogens is 4. The highest BCUT2D eigenvalue weighted by atomic mass is 32.1. The standard InChI is InChI=1S/C22H20N6O2S/c1-14-5-6-15(12-23-14)16-3-2-4-17(25-16)21(29)27-20-11-19-18(13-24-20)26-22(31-19)28-7-9-30-10-8-28/h2-6,11-13H,7-10H2,1H3,(H,24,27,29). The van der Waals surface area contributed by atoms with Gasteiger partial charge in [-0.3, -0.25) is 9.78 Å². The van der Waals surface area contributed by atoms with Crippen LogP contribution in [0.15, 0.2) is 48.8 Å². The van der Waals surface area contributed by atoms with Gasteiger partial charge in [0.25, 0.3) is 5.91 Å². The number of hydrogen-bond donors (Lipinski definition) is 1. The lowest BCUT2D eigenvalue weighted by Crippen LogP contribution is -2.36. The van der Waals surface area contributed by atoms with Crippen molar-refractivity contribution in [1.29, 1.82) is 0 Å². The lowest BCUT2D eigenvalue weighted by atomic mass is 10.1. The summed E-state index contributed by atoms with van der Waals surface area (Å²) in [5.74, 6) is 0.158. The molecule has 31 heavy (non-hydrogen) atoms. The summed E-state index contributed by atoms with van der Waals surface area (Å²) in [5.41, 5.74) is 3.62. The van der Waals surface area contributed by atoms with Crippen LogP contribution >= 0.6 is 11.3 Å². The number of morpholine rings is 1. The minimum absolute atomic E-state index is 0.313. The fourth-order valence-electron chi connectivity index (χ4n) is 3.30. The summed E-state index contributed by atoms with van der Waals surface area (Å²) in [6.07, 6.45) is 3.44. The molecule has 1 aliphatic heterocycles. The summed E-state index contributed by atoms with van der Waals surface area (Å²) in [6, 6.07) is 11.1. The Labute approximate surface area is 183 Å². The highest BCUT2D eigenvalue weighted by Crippen LogP contribution is 2.30. The average molecular weight is 433 g/mol. The van der Waals surface area contributed by atoms with Crippen LogP contribution in [-0.2, 0) is 4.74 Å². The topological polar surface area (TPSA) is 93.1 Å². The van der Waals surface area contributed by atoms with Crippen LogP contribution in [0.25, 0.3) is 21.5 Å². The average Bonchev–Trinajstić information content (AvgIpc) is 3.24. The van der Waals surface area contributed by atoms with E-state index in [1.165, 1.54) is 0 Å². The van der Waals surface area contributed by atoms with Crippen LogP contribution in [0.5, 0.6) is 0 Å². The van der Waals surface area contributed by atoms with Gasteiger partial charge in [-0.2, -0.15) is 0 Å². The smallest absolute Gasteiger partial charge is 0.275 e. The molecular formula is C22H20N6O2S. The van der Waals surface area contributed by atoms with Gasteiger partial charge in [0.2, 0.25) is 0 Å². The van der Waals surface area contributed by atoms with Crippen molar-refractivity contribution in [2.24, 2.45) is 0 Å². The third-order valence-electron chi connectivity index (χ3n) is 4.98. The summed E-state index contributed by atoms with van der Waals surface area (Å²) in [7, 11) is 0. The third kappa shape index (κ3) is 4.23. The Morgan fingerprint density at radius 2 is 1.97 bits per heavy atom. The number of thiazole rings is 1. The summed E-state index contributed by atoms with van der Waals surface area (Å²) in [5, 5.41) is 3.79. The Morgan fingerprint density at radius 3 is 2.77 bits per heavy atom. The zero-order valence-electron chi connectivity index (χ0n) is 16.9. The van der Waals surface area contributed by atoms with E-state index in [1.54, 1.807) is 29.8 Å². The maximum atomic E-state index is 12.8. The molecule has 0 spiro atoms. The van der Waals surface area contributed by atoms with Crippen molar-refractivity contribution in [2.75, 3.05) is 36.5 Å². The molecule has 0 radical (unpaired) electrons. The summed E-state index contributed by atoms with van der Waals surface area (Å²) < 4.78 is 6.38. The number of nitrogens with zero attached hydrogens (tertiary/aromatic N) is 5. The first-order chi connectivity index (χ1) is 15.2. The maximum absolute atomic E-state index is 12.8. The first-order valence-corrected chi connectivity index (χ1v) is 10.8. The van der Waals surface area contributed by atoms with Gasteiger partial charge in [0.05, 0.1) is 29.8 Å². The van der Waals surface area contributed by atoms with Gasteiger partial charge < -0.3 is 15.0 Å². The zero-order chi connectivity index (χ0) is 21.2. The molecule has 9 heteroatoms. The number of pyridine rings is 3. The van der Waals surface area contributed by atoms with E-state index >= 15 is 0 Å². The van der Waals surface area contributed by atoms with E-state index in [1.807, 2.05) is 37.3 Å². The Kier molecular flexibility index (Phi) is 5.27. The largest absolute Gasteiger partial charge is 0.378 e. The molecule has 4 aromatic rings. The molecule has 8 nitrogen and oxygen atoms in total. The first kappa shape index (κ1) is 19.5. The number of amides is 1. The summed E-state index contributed by atoms with van der Waals surface area (Å²) in [6.45, 7) is 5.00. The fraction of sp³-hybridized carbons (Fsp3) is 0.227. The molecule has 0 aliphatic carbocycles. The minimum atomic E-state index is -0.313. The molecular weight excluding hydrogens is 412 g/mol. The summed E-state index contributed by atoms with van der Waals surface area (Å²) >= 11 is 1.59. The highest BCUT2D eigenvalue weighted by molar-refractivity contribution is 7.22. The van der Waals surface area contributed by atoms with Crippen molar-refractivity contribution in [3.05, 3.63) is 60.2 Å². The Bertz CT molecular complexity index is 1230. The Morgan fingerprint density at radius 1 is 1.10 bits per heavy atom. The van der Waals surface area contributed by atoms with Crippen molar-refractivity contribution in [2.45, 2.75) is 6.92 Å². The van der Waals surface area contributed by atoms with Crippen LogP contribution in [0.4, 0.5) is 10.9 Å². The van der Waals surface area contributed by atoms with E-state index in [0.717, 1.165) is 39.7 Å². The predicted octanol–water partition coefficient (Wildman–Crippen LogP) is 3.55. The zero-order valence-corrected chi connectivity index (χ0v) is 17.7. The van der Waals surface area contributed by atoms with E-state index in [0.29, 0.717) is 30.4 Å². The SMILES string of the molecule is Cc1ccc(-c2cccc(C(=O)Nc3cc4sc(N5CCOCC5)nc4cn3)n2)cn1. The van der Waals surface area contributed by atoms with Gasteiger partial charge in [-0.05, 0) is 31.2 Å². The van der Waals surface area contributed by atoms with Crippen LogP contribution < -0.4 is 10.2 Å². The molecule has 5 rings (SSSR count). The van der Waals surface area contributed by atoms with Crippen molar-refractivity contribution in [3.63, 3.8) is 0 Å². The lowest BCUT2D eigenvalue weighted by Gasteiger charge is -2.25. The van der Waals surface area contributed by atoms with Crippen molar-refractivity contribution < 1.29 is 9.53 Å². The fourth-order valence-corrected chi connectivity index (χ4v) is 4.33. The van der Waals surface area contributed by atoms with Crippen LogP contribution in [-0.4, -0.2) is 52.1 Å². The number of anilines is 2. The molecule has 0 saturated carbocycles. The number of nitrogens with one attached hydrogen (secondary N) is 1. The monoisotopic (exact) mass is 432 g/mol. The van der Waals surface area contributed by atoms with Gasteiger partial charge >= 0.3 is 0 Å². The predicted molar refractivity (Wildman–Crippen MR) is 121 cm³/mol. The van der Waals surface area contributed by atoms with Gasteiger partial charge in [-0.15, -0.1) is 0 Å². The second kappa shape index (κ2) is 8.37. The van der Waals surface area contributed by atoms with Crippen molar-refractivity contribution in [1.82, 2.24) is 19.9 Å². The number of carbonyl (C=O) groups is 1. The van der Waals surface area contributed by atoms with Gasteiger partial charge in [0.15, 0.2) is 5.13 Å². The van der Waals surface area contributed by atoms with E-state index in [-0.39, 0.29) is 5.91 Å². The van der Waals surface area contributed by atoms with E-state index in [4.69, 9.17) is 4.74 Å². The number of hydrogen-bond acceptors (Lipinski definition) is 8. The van der Waals surface area contributed by atoms with Crippen molar-refractivity contribution in [3.8, 4) is 11.3 Å². The van der Waals surface area contributed by atoms with Crippen molar-refractivity contribution >= 4 is 38.4 Å². The van der Waals surface area contributed by atoms with E-state index in [9.17, 15) is 4.79 Å². The van der Waals surface area contributed by atoms with Gasteiger partial charge in [-0.1, -0.05) is 17.4 Å². The molecule has 0 atom stereocenters. The van der Waals surface area contributed by atoms with Crippen LogP contribution in [0.2, 0.25) is 0 Å². The number of carbonyl (C=O) groups excluding carboxylic acids is 1. The number of ether oxygens (including phenoxy) is 1. The van der Waals surface area contributed by atoms with Crippen LogP contribution in [0, 0.1) is 6.92 Å². The number of fused-ring (bicyclic) bond motifs is 1. The molecule has 1 saturated heterocycles. The van der Waals surface area contributed by atoms with Crippen LogP contribution in [0.1, 0.15) is 16.2 Å². The molecule has 1 aliphatic rings. The minimum Gasteiger partial charge on any atom is -0.378 e. The second-order valence-corrected chi connectivity index (χ2v) is 8.19. The molecule has 5 heterocycles. The molecule has 1 amide bonds. The summed E-state index contributed by atoms with van der Waals surface area (Å²) in [4.78, 5) is 32.8.